The summed E-state index contributed by atoms with van der Waals surface area (Å²) in [6.45, 7) is 4.43. The molecule has 0 saturated heterocycles. The lowest BCUT2D eigenvalue weighted by molar-refractivity contribution is 0.0940. The van der Waals surface area contributed by atoms with Crippen molar-refractivity contribution in [3.63, 3.8) is 0 Å². The van der Waals surface area contributed by atoms with Gasteiger partial charge >= 0.3 is 0 Å². The van der Waals surface area contributed by atoms with Crippen LogP contribution in [0.1, 0.15) is 35.8 Å². The van der Waals surface area contributed by atoms with Crippen molar-refractivity contribution in [1.29, 1.82) is 0 Å². The molecule has 4 rings (SSSR count). The fraction of sp³-hybridized carbons (Fsp3) is 0.185. The Morgan fingerprint density at radius 1 is 1.00 bits per heavy atom. The van der Waals surface area contributed by atoms with E-state index in [2.05, 4.69) is 5.32 Å². The number of benzene rings is 3. The summed E-state index contributed by atoms with van der Waals surface area (Å²) in [6.07, 6.45) is 0. The van der Waals surface area contributed by atoms with Crippen LogP contribution in [0.15, 0.2) is 78.9 Å². The summed E-state index contributed by atoms with van der Waals surface area (Å²) in [5, 5.41) is 3.87. The maximum absolute atomic E-state index is 12.9. The number of methoxy groups -OCH3 is 1. The standard InChI is InChI=1S/C27H26N2O3/c1-4-32-26-17-25(20-11-8-12-22(15-20)31-3)29-24-14-13-21(16-23(24)26)27(30)28-18(2)19-9-6-5-7-10-19/h5-18H,4H2,1-3H3,(H,28,30)/t18-/m1/s1. The molecule has 0 unspecified atom stereocenters. The number of hydrogen-bond donors (Lipinski definition) is 1. The van der Waals surface area contributed by atoms with Crippen LogP contribution in [0.25, 0.3) is 22.2 Å². The van der Waals surface area contributed by atoms with Gasteiger partial charge in [-0.25, -0.2) is 4.98 Å². The Morgan fingerprint density at radius 3 is 2.56 bits per heavy atom. The molecule has 4 aromatic rings. The number of ether oxygens (including phenoxy) is 2. The van der Waals surface area contributed by atoms with E-state index in [-0.39, 0.29) is 11.9 Å². The van der Waals surface area contributed by atoms with Crippen molar-refractivity contribution in [2.45, 2.75) is 19.9 Å². The molecule has 0 aliphatic heterocycles. The highest BCUT2D eigenvalue weighted by Gasteiger charge is 2.15. The van der Waals surface area contributed by atoms with E-state index in [1.807, 2.05) is 86.6 Å². The zero-order chi connectivity index (χ0) is 22.5. The molecule has 0 aliphatic rings. The zero-order valence-corrected chi connectivity index (χ0v) is 18.5. The first-order chi connectivity index (χ1) is 15.6. The molecule has 1 atom stereocenters. The molecule has 0 saturated carbocycles. The van der Waals surface area contributed by atoms with E-state index in [1.54, 1.807) is 13.2 Å². The van der Waals surface area contributed by atoms with Crippen molar-refractivity contribution < 1.29 is 14.3 Å². The van der Waals surface area contributed by atoms with Crippen molar-refractivity contribution in [2.24, 2.45) is 0 Å². The molecule has 5 nitrogen and oxygen atoms in total. The lowest BCUT2D eigenvalue weighted by atomic mass is 10.0. The van der Waals surface area contributed by atoms with Crippen LogP contribution in [0.4, 0.5) is 0 Å². The molecule has 0 spiro atoms. The lowest BCUT2D eigenvalue weighted by Gasteiger charge is -2.15. The minimum atomic E-state index is -0.137. The van der Waals surface area contributed by atoms with Gasteiger partial charge in [0.1, 0.15) is 11.5 Å². The Morgan fingerprint density at radius 2 is 1.81 bits per heavy atom. The van der Waals surface area contributed by atoms with Crippen LogP contribution in [-0.4, -0.2) is 24.6 Å². The summed E-state index contributed by atoms with van der Waals surface area (Å²) in [5.74, 6) is 1.32. The Hall–Kier alpha value is -3.86. The van der Waals surface area contributed by atoms with E-state index in [0.717, 1.165) is 33.5 Å². The Labute approximate surface area is 188 Å². The van der Waals surface area contributed by atoms with E-state index in [4.69, 9.17) is 14.5 Å². The van der Waals surface area contributed by atoms with Crippen molar-refractivity contribution in [3.8, 4) is 22.8 Å². The van der Waals surface area contributed by atoms with Gasteiger partial charge in [0.2, 0.25) is 0 Å². The highest BCUT2D eigenvalue weighted by Crippen LogP contribution is 2.32. The maximum atomic E-state index is 12.9. The number of fused-ring (bicyclic) bond motifs is 1. The smallest absolute Gasteiger partial charge is 0.251 e. The molecule has 5 heteroatoms. The number of aromatic nitrogens is 1. The third-order valence-corrected chi connectivity index (χ3v) is 5.35. The van der Waals surface area contributed by atoms with Gasteiger partial charge in [0.15, 0.2) is 0 Å². The fourth-order valence-corrected chi connectivity index (χ4v) is 3.65. The van der Waals surface area contributed by atoms with Gasteiger partial charge in [0, 0.05) is 22.6 Å². The van der Waals surface area contributed by atoms with Gasteiger partial charge in [0.25, 0.3) is 5.91 Å². The van der Waals surface area contributed by atoms with E-state index in [9.17, 15) is 4.79 Å². The fourth-order valence-electron chi connectivity index (χ4n) is 3.65. The molecule has 32 heavy (non-hydrogen) atoms. The molecule has 0 aliphatic carbocycles. The highest BCUT2D eigenvalue weighted by atomic mass is 16.5. The zero-order valence-electron chi connectivity index (χ0n) is 18.5. The average Bonchev–Trinajstić information content (AvgIpc) is 2.84. The third kappa shape index (κ3) is 4.57. The summed E-state index contributed by atoms with van der Waals surface area (Å²) in [5.41, 5.74) is 4.11. The van der Waals surface area contributed by atoms with Gasteiger partial charge in [-0.05, 0) is 49.7 Å². The van der Waals surface area contributed by atoms with E-state index in [0.29, 0.717) is 17.9 Å². The second-order valence-electron chi connectivity index (χ2n) is 7.51. The van der Waals surface area contributed by atoms with E-state index < -0.39 is 0 Å². The van der Waals surface area contributed by atoms with Gasteiger partial charge in [-0.3, -0.25) is 4.79 Å². The normalized spacial score (nSPS) is 11.7. The summed E-state index contributed by atoms with van der Waals surface area (Å²) < 4.78 is 11.3. The summed E-state index contributed by atoms with van der Waals surface area (Å²) in [4.78, 5) is 17.7. The molecule has 162 valence electrons. The monoisotopic (exact) mass is 426 g/mol. The number of rotatable bonds is 7. The largest absolute Gasteiger partial charge is 0.497 e. The minimum absolute atomic E-state index is 0.0979. The summed E-state index contributed by atoms with van der Waals surface area (Å²) in [6, 6.07) is 25.0. The summed E-state index contributed by atoms with van der Waals surface area (Å²) >= 11 is 0. The van der Waals surface area contributed by atoms with Gasteiger partial charge < -0.3 is 14.8 Å². The van der Waals surface area contributed by atoms with E-state index in [1.165, 1.54) is 0 Å². The van der Waals surface area contributed by atoms with Crippen molar-refractivity contribution >= 4 is 16.8 Å². The topological polar surface area (TPSA) is 60.5 Å². The number of pyridine rings is 1. The van der Waals surface area contributed by atoms with Crippen molar-refractivity contribution in [3.05, 3.63) is 90.0 Å². The van der Waals surface area contributed by atoms with Crippen molar-refractivity contribution in [2.75, 3.05) is 13.7 Å². The third-order valence-electron chi connectivity index (χ3n) is 5.35. The molecular weight excluding hydrogens is 400 g/mol. The van der Waals surface area contributed by atoms with E-state index >= 15 is 0 Å². The maximum Gasteiger partial charge on any atom is 0.251 e. The van der Waals surface area contributed by atoms with Gasteiger partial charge in [-0.15, -0.1) is 0 Å². The summed E-state index contributed by atoms with van der Waals surface area (Å²) in [7, 11) is 1.64. The van der Waals surface area contributed by atoms with Crippen molar-refractivity contribution in [1.82, 2.24) is 10.3 Å². The first-order valence-corrected chi connectivity index (χ1v) is 10.7. The van der Waals surface area contributed by atoms with Crippen LogP contribution >= 0.6 is 0 Å². The van der Waals surface area contributed by atoms with Crippen LogP contribution in [0.5, 0.6) is 11.5 Å². The molecule has 1 heterocycles. The lowest BCUT2D eigenvalue weighted by Crippen LogP contribution is -2.26. The number of nitrogens with one attached hydrogen (secondary N) is 1. The predicted molar refractivity (Wildman–Crippen MR) is 127 cm³/mol. The number of nitrogens with zero attached hydrogens (tertiary/aromatic N) is 1. The Kier molecular flexibility index (Phi) is 6.36. The minimum Gasteiger partial charge on any atom is -0.497 e. The molecule has 0 bridgehead atoms. The number of amides is 1. The Balaban J connectivity index is 1.68. The second-order valence-corrected chi connectivity index (χ2v) is 7.51. The average molecular weight is 427 g/mol. The molecule has 1 N–H and O–H groups in total. The number of carbonyl (C=O) groups is 1. The predicted octanol–water partition coefficient (Wildman–Crippen LogP) is 5.80. The van der Waals surface area contributed by atoms with Gasteiger partial charge in [-0.1, -0.05) is 42.5 Å². The molecule has 0 fully saturated rings. The first kappa shape index (κ1) is 21.4. The van der Waals surface area contributed by atoms with Crippen LogP contribution in [0, 0.1) is 0 Å². The SMILES string of the molecule is CCOc1cc(-c2cccc(OC)c2)nc2ccc(C(=O)N[C@H](C)c3ccccc3)cc12. The second kappa shape index (κ2) is 9.52. The molecule has 1 amide bonds. The molecular formula is C27H26N2O3. The molecule has 1 aromatic heterocycles. The first-order valence-electron chi connectivity index (χ1n) is 10.7. The molecule has 3 aromatic carbocycles. The van der Waals surface area contributed by atoms with Crippen LogP contribution in [0.3, 0.4) is 0 Å². The number of carbonyl (C=O) groups excluding carboxylic acids is 1. The Bertz CT molecular complexity index is 1240. The van der Waals surface area contributed by atoms with Gasteiger partial charge in [-0.2, -0.15) is 0 Å². The van der Waals surface area contributed by atoms with Gasteiger partial charge in [0.05, 0.1) is 31.0 Å². The molecule has 0 radical (unpaired) electrons. The van der Waals surface area contributed by atoms with Crippen LogP contribution in [0.2, 0.25) is 0 Å². The number of hydrogen-bond acceptors (Lipinski definition) is 4. The highest BCUT2D eigenvalue weighted by molar-refractivity contribution is 6.00. The van der Waals surface area contributed by atoms with Crippen LogP contribution in [-0.2, 0) is 0 Å². The quantitative estimate of drug-likeness (QED) is 0.406. The van der Waals surface area contributed by atoms with Crippen LogP contribution < -0.4 is 14.8 Å².